The zero-order chi connectivity index (χ0) is 15.1. The second-order valence-corrected chi connectivity index (χ2v) is 8.84. The van der Waals surface area contributed by atoms with Crippen molar-refractivity contribution in [1.82, 2.24) is 5.32 Å². The fourth-order valence-electron chi connectivity index (χ4n) is 5.00. The van der Waals surface area contributed by atoms with Crippen LogP contribution in [0.5, 0.6) is 0 Å². The number of fused-ring (bicyclic) bond motifs is 1. The molecule has 0 aromatic rings. The first kappa shape index (κ1) is 15.0. The predicted molar refractivity (Wildman–Crippen MR) is 93.0 cm³/mol. The third-order valence-corrected chi connectivity index (χ3v) is 6.96. The van der Waals surface area contributed by atoms with Crippen LogP contribution >= 0.6 is 15.9 Å². The van der Waals surface area contributed by atoms with Crippen molar-refractivity contribution in [2.75, 3.05) is 0 Å². The van der Waals surface area contributed by atoms with Gasteiger partial charge in [0.1, 0.15) is 0 Å². The highest BCUT2D eigenvalue weighted by molar-refractivity contribution is 9.09. The molecule has 4 rings (SSSR count). The standard InChI is InChI=1S/C19H26BrNO/c20-14-6-3-5-13(10-14)17-11-18(22)19-15-7-2-1-4-12(15)8-9-16(19)21-17/h13-14,17,21H,1-11H2. The van der Waals surface area contributed by atoms with E-state index in [4.69, 9.17) is 0 Å². The zero-order valence-corrected chi connectivity index (χ0v) is 14.9. The third-order valence-electron chi connectivity index (χ3n) is 6.13. The van der Waals surface area contributed by atoms with Crippen molar-refractivity contribution >= 4 is 21.7 Å². The van der Waals surface area contributed by atoms with E-state index in [1.807, 2.05) is 0 Å². The number of halogens is 1. The van der Waals surface area contributed by atoms with Crippen molar-refractivity contribution in [3.63, 3.8) is 0 Å². The van der Waals surface area contributed by atoms with Gasteiger partial charge >= 0.3 is 0 Å². The molecule has 3 unspecified atom stereocenters. The van der Waals surface area contributed by atoms with Crippen molar-refractivity contribution in [2.24, 2.45) is 5.92 Å². The van der Waals surface area contributed by atoms with Crippen molar-refractivity contribution in [3.05, 3.63) is 22.4 Å². The van der Waals surface area contributed by atoms with Crippen LogP contribution in [0.15, 0.2) is 22.4 Å². The van der Waals surface area contributed by atoms with Crippen molar-refractivity contribution in [3.8, 4) is 0 Å². The molecule has 1 N–H and O–H groups in total. The molecule has 0 amide bonds. The maximum Gasteiger partial charge on any atom is 0.166 e. The minimum Gasteiger partial charge on any atom is -0.384 e. The smallest absolute Gasteiger partial charge is 0.166 e. The third kappa shape index (κ3) is 2.70. The summed E-state index contributed by atoms with van der Waals surface area (Å²) in [5.41, 5.74) is 5.43. The molecule has 0 spiro atoms. The summed E-state index contributed by atoms with van der Waals surface area (Å²) >= 11 is 3.79. The molecule has 0 aromatic heterocycles. The fourth-order valence-corrected chi connectivity index (χ4v) is 5.81. The van der Waals surface area contributed by atoms with E-state index in [0.29, 0.717) is 22.6 Å². The predicted octanol–water partition coefficient (Wildman–Crippen LogP) is 4.79. The summed E-state index contributed by atoms with van der Waals surface area (Å²) in [5.74, 6) is 1.10. The van der Waals surface area contributed by atoms with E-state index in [-0.39, 0.29) is 0 Å². The molecule has 1 saturated carbocycles. The molecule has 2 nitrogen and oxygen atoms in total. The summed E-state index contributed by atoms with van der Waals surface area (Å²) in [6, 6.07) is 0.386. The van der Waals surface area contributed by atoms with Gasteiger partial charge in [-0.1, -0.05) is 27.9 Å². The Morgan fingerprint density at radius 2 is 1.86 bits per heavy atom. The van der Waals surface area contributed by atoms with Gasteiger partial charge in [0.2, 0.25) is 0 Å². The highest BCUT2D eigenvalue weighted by Crippen LogP contribution is 2.42. The first-order valence-corrected chi connectivity index (χ1v) is 10.0. The maximum atomic E-state index is 12.9. The normalized spacial score (nSPS) is 35.9. The number of carbonyl (C=O) groups excluding carboxylic acids is 1. The van der Waals surface area contributed by atoms with Gasteiger partial charge in [-0.15, -0.1) is 0 Å². The quantitative estimate of drug-likeness (QED) is 0.678. The van der Waals surface area contributed by atoms with Crippen LogP contribution in [0.3, 0.4) is 0 Å². The van der Waals surface area contributed by atoms with Gasteiger partial charge < -0.3 is 5.32 Å². The number of alkyl halides is 1. The number of hydrogen-bond donors (Lipinski definition) is 1. The summed E-state index contributed by atoms with van der Waals surface area (Å²) in [7, 11) is 0. The van der Waals surface area contributed by atoms with Gasteiger partial charge in [-0.3, -0.25) is 4.79 Å². The summed E-state index contributed by atoms with van der Waals surface area (Å²) in [6.07, 6.45) is 13.0. The first-order chi connectivity index (χ1) is 10.7. The first-order valence-electron chi connectivity index (χ1n) is 9.10. The van der Waals surface area contributed by atoms with Gasteiger partial charge in [0.15, 0.2) is 5.78 Å². The Labute approximate surface area is 141 Å². The molecule has 4 aliphatic rings. The molecule has 0 bridgehead atoms. The highest BCUT2D eigenvalue weighted by atomic mass is 79.9. The summed E-state index contributed by atoms with van der Waals surface area (Å²) in [5, 5.41) is 3.81. The maximum absolute atomic E-state index is 12.9. The van der Waals surface area contributed by atoms with Crippen LogP contribution in [0.25, 0.3) is 0 Å². The Morgan fingerprint density at radius 1 is 1.00 bits per heavy atom. The lowest BCUT2D eigenvalue weighted by Gasteiger charge is -2.40. The van der Waals surface area contributed by atoms with E-state index in [9.17, 15) is 4.79 Å². The molecule has 0 radical (unpaired) electrons. The number of hydrogen-bond acceptors (Lipinski definition) is 2. The van der Waals surface area contributed by atoms with Crippen molar-refractivity contribution in [1.29, 1.82) is 0 Å². The molecule has 22 heavy (non-hydrogen) atoms. The van der Waals surface area contributed by atoms with Crippen molar-refractivity contribution < 1.29 is 4.79 Å². The summed E-state index contributed by atoms with van der Waals surface area (Å²) in [4.78, 5) is 13.5. The lowest BCUT2D eigenvalue weighted by Crippen LogP contribution is -2.45. The second-order valence-electron chi connectivity index (χ2n) is 7.54. The number of Topliss-reactive ketones (excluding diaryl/α,β-unsaturated/α-hetero) is 1. The van der Waals surface area contributed by atoms with Crippen LogP contribution in [0.1, 0.15) is 70.6 Å². The highest BCUT2D eigenvalue weighted by Gasteiger charge is 2.37. The van der Waals surface area contributed by atoms with E-state index in [0.717, 1.165) is 24.8 Å². The van der Waals surface area contributed by atoms with Crippen molar-refractivity contribution in [2.45, 2.75) is 81.5 Å². The molecular weight excluding hydrogens is 338 g/mol. The van der Waals surface area contributed by atoms with E-state index < -0.39 is 0 Å². The monoisotopic (exact) mass is 363 g/mol. The average molecular weight is 364 g/mol. The van der Waals surface area contributed by atoms with Gasteiger partial charge in [0, 0.05) is 28.6 Å². The Morgan fingerprint density at radius 3 is 2.73 bits per heavy atom. The zero-order valence-electron chi connectivity index (χ0n) is 13.3. The van der Waals surface area contributed by atoms with Crippen LogP contribution in [0, 0.1) is 5.92 Å². The Hall–Kier alpha value is -0.570. The van der Waals surface area contributed by atoms with Gasteiger partial charge in [0.05, 0.1) is 0 Å². The molecule has 3 heteroatoms. The minimum atomic E-state index is 0.386. The number of allylic oxidation sites excluding steroid dienone is 4. The molecule has 0 aromatic carbocycles. The Bertz CT molecular complexity index is 548. The minimum absolute atomic E-state index is 0.386. The van der Waals surface area contributed by atoms with Crippen LogP contribution in [0.2, 0.25) is 0 Å². The molecule has 120 valence electrons. The average Bonchev–Trinajstić information content (AvgIpc) is 2.54. The number of rotatable bonds is 1. The lowest BCUT2D eigenvalue weighted by atomic mass is 9.73. The van der Waals surface area contributed by atoms with Gasteiger partial charge in [-0.05, 0) is 69.3 Å². The van der Waals surface area contributed by atoms with Gasteiger partial charge in [0.25, 0.3) is 0 Å². The lowest BCUT2D eigenvalue weighted by molar-refractivity contribution is -0.116. The Balaban J connectivity index is 1.58. The van der Waals surface area contributed by atoms with Crippen LogP contribution < -0.4 is 5.32 Å². The second kappa shape index (κ2) is 6.14. The van der Waals surface area contributed by atoms with E-state index >= 15 is 0 Å². The van der Waals surface area contributed by atoms with Crippen LogP contribution in [0.4, 0.5) is 0 Å². The Kier molecular flexibility index (Phi) is 4.19. The van der Waals surface area contributed by atoms with E-state index in [2.05, 4.69) is 21.2 Å². The molecule has 3 aliphatic carbocycles. The summed E-state index contributed by atoms with van der Waals surface area (Å²) in [6.45, 7) is 0. The van der Waals surface area contributed by atoms with E-state index in [1.54, 1.807) is 5.57 Å². The fraction of sp³-hybridized carbons (Fsp3) is 0.737. The number of carbonyl (C=O) groups is 1. The molecule has 1 fully saturated rings. The SMILES string of the molecule is O=C1CC(C2CCCC(Br)C2)NC2=C1C1=C(CCCC1)CC2. The molecule has 1 aliphatic heterocycles. The van der Waals surface area contributed by atoms with Crippen LogP contribution in [-0.2, 0) is 4.79 Å². The molecule has 3 atom stereocenters. The van der Waals surface area contributed by atoms with Gasteiger partial charge in [-0.25, -0.2) is 0 Å². The molecule has 1 heterocycles. The van der Waals surface area contributed by atoms with Gasteiger partial charge in [-0.2, -0.15) is 0 Å². The largest absolute Gasteiger partial charge is 0.384 e. The summed E-state index contributed by atoms with van der Waals surface area (Å²) < 4.78 is 0. The van der Waals surface area contributed by atoms with E-state index in [1.165, 1.54) is 62.6 Å². The molecule has 0 saturated heterocycles. The topological polar surface area (TPSA) is 29.1 Å². The van der Waals surface area contributed by atoms with Crippen LogP contribution in [-0.4, -0.2) is 16.7 Å². The number of ketones is 1. The molecular formula is C19H26BrNO. The number of nitrogens with one attached hydrogen (secondary N) is 1.